The number of nitrogens with zero attached hydrogens (tertiary/aromatic N) is 2. The number of hydrogen-bond acceptors (Lipinski definition) is 6. The van der Waals surface area contributed by atoms with Crippen molar-refractivity contribution in [2.24, 2.45) is 5.92 Å². The average Bonchev–Trinajstić information content (AvgIpc) is 2.74. The molecule has 186 valence electrons. The first-order chi connectivity index (χ1) is 15.7. The van der Waals surface area contributed by atoms with Crippen LogP contribution in [-0.2, 0) is 14.8 Å². The van der Waals surface area contributed by atoms with E-state index in [1.54, 1.807) is 0 Å². The summed E-state index contributed by atoms with van der Waals surface area (Å²) in [6.07, 6.45) is -1.93. The first kappa shape index (κ1) is 26.8. The molecule has 1 fully saturated rings. The van der Waals surface area contributed by atoms with E-state index in [-0.39, 0.29) is 16.1 Å². The minimum absolute atomic E-state index is 0.00536. The third-order valence-electron chi connectivity index (χ3n) is 4.78. The molecule has 1 aliphatic rings. The number of rotatable bonds is 5. The van der Waals surface area contributed by atoms with E-state index < -0.39 is 34.0 Å². The molecule has 9 nitrogen and oxygen atoms in total. The molecule has 14 heteroatoms. The maximum Gasteiger partial charge on any atom is 0.490 e. The van der Waals surface area contributed by atoms with Crippen LogP contribution in [0.4, 0.5) is 29.1 Å². The third-order valence-corrected chi connectivity index (χ3v) is 6.16. The normalized spacial score (nSPS) is 14.7. The van der Waals surface area contributed by atoms with E-state index in [9.17, 15) is 35.9 Å². The van der Waals surface area contributed by atoms with Gasteiger partial charge in [-0.2, -0.15) is 13.2 Å². The number of aliphatic carboxylic acids is 1. The zero-order valence-electron chi connectivity index (χ0n) is 17.7. The fourth-order valence-electron chi connectivity index (χ4n) is 2.99. The van der Waals surface area contributed by atoms with Crippen LogP contribution in [0.15, 0.2) is 41.4 Å². The quantitative estimate of drug-likeness (QED) is 0.523. The van der Waals surface area contributed by atoms with E-state index in [1.807, 2.05) is 4.90 Å². The number of anilines is 2. The van der Waals surface area contributed by atoms with Crippen LogP contribution in [0.2, 0.25) is 0 Å². The minimum Gasteiger partial charge on any atom is -0.478 e. The molecule has 0 radical (unpaired) electrons. The number of aromatic carboxylic acids is 1. The zero-order chi connectivity index (χ0) is 25.7. The number of halogens is 4. The molecule has 34 heavy (non-hydrogen) atoms. The molecule has 2 heterocycles. The molecule has 2 aromatic rings. The molecule has 3 N–H and O–H groups in total. The Labute approximate surface area is 192 Å². The standard InChI is InChI=1S/C18H20FN3O4S.C2HF3O2/c1-12-5-7-22(8-6-12)17-16(18(23)24)10-14(11-20-17)21-27(25,26)15-4-2-3-13(19)9-15;3-2(4,5)1(6)7/h2-4,9-12,21H,5-8H2,1H3,(H,23,24);(H,6,7). The second-order valence-corrected chi connectivity index (χ2v) is 9.12. The lowest BCUT2D eigenvalue weighted by Crippen LogP contribution is -2.34. The highest BCUT2D eigenvalue weighted by molar-refractivity contribution is 7.92. The zero-order valence-corrected chi connectivity index (χ0v) is 18.5. The van der Waals surface area contributed by atoms with Gasteiger partial charge in [0.1, 0.15) is 17.2 Å². The lowest BCUT2D eigenvalue weighted by Gasteiger charge is -2.32. The molecule has 0 unspecified atom stereocenters. The summed E-state index contributed by atoms with van der Waals surface area (Å²) in [4.78, 5) is 26.4. The van der Waals surface area contributed by atoms with Gasteiger partial charge in [-0.15, -0.1) is 0 Å². The number of pyridine rings is 1. The second-order valence-electron chi connectivity index (χ2n) is 7.44. The predicted octanol–water partition coefficient (Wildman–Crippen LogP) is 3.59. The van der Waals surface area contributed by atoms with Gasteiger partial charge in [-0.25, -0.2) is 27.4 Å². The van der Waals surface area contributed by atoms with Crippen molar-refractivity contribution in [3.8, 4) is 0 Å². The van der Waals surface area contributed by atoms with Crippen LogP contribution in [0.1, 0.15) is 30.1 Å². The molecule has 0 amide bonds. The van der Waals surface area contributed by atoms with Crippen LogP contribution in [-0.4, -0.2) is 54.8 Å². The summed E-state index contributed by atoms with van der Waals surface area (Å²) in [6.45, 7) is 3.54. The number of benzene rings is 1. The molecule has 3 rings (SSSR count). The number of carbonyl (C=O) groups is 2. The van der Waals surface area contributed by atoms with Gasteiger partial charge in [-0.1, -0.05) is 13.0 Å². The van der Waals surface area contributed by atoms with Crippen LogP contribution < -0.4 is 9.62 Å². The van der Waals surface area contributed by atoms with Gasteiger partial charge >= 0.3 is 18.1 Å². The van der Waals surface area contributed by atoms with Crippen molar-refractivity contribution in [3.05, 3.63) is 47.9 Å². The number of sulfonamides is 1. The SMILES string of the molecule is CC1CCN(c2ncc(NS(=O)(=O)c3cccc(F)c3)cc2C(=O)O)CC1.O=C(O)C(F)(F)F. The smallest absolute Gasteiger partial charge is 0.478 e. The summed E-state index contributed by atoms with van der Waals surface area (Å²) in [5.41, 5.74) is -0.0743. The molecule has 1 saturated heterocycles. The number of nitrogens with one attached hydrogen (secondary N) is 1. The molecule has 0 aliphatic carbocycles. The van der Waals surface area contributed by atoms with E-state index in [4.69, 9.17) is 9.90 Å². The Morgan fingerprint density at radius 3 is 2.24 bits per heavy atom. The predicted molar refractivity (Wildman–Crippen MR) is 113 cm³/mol. The Balaban J connectivity index is 0.000000509. The van der Waals surface area contributed by atoms with Crippen molar-refractivity contribution in [2.45, 2.75) is 30.8 Å². The Kier molecular flexibility index (Phi) is 8.42. The van der Waals surface area contributed by atoms with Crippen molar-refractivity contribution in [1.29, 1.82) is 0 Å². The Bertz CT molecular complexity index is 1150. The third kappa shape index (κ3) is 7.30. The van der Waals surface area contributed by atoms with Gasteiger partial charge < -0.3 is 15.1 Å². The molecule has 1 aromatic carbocycles. The molecule has 0 saturated carbocycles. The van der Waals surface area contributed by atoms with E-state index in [0.29, 0.717) is 24.8 Å². The Morgan fingerprint density at radius 2 is 1.74 bits per heavy atom. The van der Waals surface area contributed by atoms with Gasteiger partial charge in [-0.05, 0) is 43.0 Å². The monoisotopic (exact) mass is 507 g/mol. The summed E-state index contributed by atoms with van der Waals surface area (Å²) < 4.78 is 72.1. The highest BCUT2D eigenvalue weighted by atomic mass is 32.2. The fourth-order valence-corrected chi connectivity index (χ4v) is 4.06. The molecule has 0 spiro atoms. The van der Waals surface area contributed by atoms with Gasteiger partial charge in [0.05, 0.1) is 16.8 Å². The van der Waals surface area contributed by atoms with E-state index in [0.717, 1.165) is 25.0 Å². The summed E-state index contributed by atoms with van der Waals surface area (Å²) >= 11 is 0. The molecule has 0 atom stereocenters. The summed E-state index contributed by atoms with van der Waals surface area (Å²) in [5.74, 6) is -3.73. The Morgan fingerprint density at radius 1 is 1.15 bits per heavy atom. The highest BCUT2D eigenvalue weighted by Gasteiger charge is 2.38. The van der Waals surface area contributed by atoms with Gasteiger partial charge in [0, 0.05) is 13.1 Å². The second kappa shape index (κ2) is 10.7. The van der Waals surface area contributed by atoms with Crippen LogP contribution >= 0.6 is 0 Å². The molecule has 1 aliphatic heterocycles. The number of carboxylic acid groups (broad SMARTS) is 2. The van der Waals surface area contributed by atoms with Gasteiger partial charge in [0.15, 0.2) is 0 Å². The van der Waals surface area contributed by atoms with E-state index >= 15 is 0 Å². The molecule has 0 bridgehead atoms. The van der Waals surface area contributed by atoms with Crippen molar-refractivity contribution >= 4 is 33.5 Å². The maximum absolute atomic E-state index is 13.3. The number of piperidine rings is 1. The van der Waals surface area contributed by atoms with Crippen LogP contribution in [0.3, 0.4) is 0 Å². The Hall–Kier alpha value is -3.42. The number of hydrogen-bond donors (Lipinski definition) is 3. The average molecular weight is 507 g/mol. The van der Waals surface area contributed by atoms with Gasteiger partial charge in [0.25, 0.3) is 10.0 Å². The fraction of sp³-hybridized carbons (Fsp3) is 0.350. The first-order valence-electron chi connectivity index (χ1n) is 9.77. The van der Waals surface area contributed by atoms with Crippen LogP contribution in [0.5, 0.6) is 0 Å². The van der Waals surface area contributed by atoms with Crippen molar-refractivity contribution in [2.75, 3.05) is 22.7 Å². The van der Waals surface area contributed by atoms with Crippen molar-refractivity contribution in [1.82, 2.24) is 4.98 Å². The number of carboxylic acids is 2. The van der Waals surface area contributed by atoms with Gasteiger partial charge in [-0.3, -0.25) is 4.72 Å². The molecule has 1 aromatic heterocycles. The molecular formula is C20H21F4N3O6S. The lowest BCUT2D eigenvalue weighted by atomic mass is 9.99. The minimum atomic E-state index is -5.08. The first-order valence-corrected chi connectivity index (χ1v) is 11.3. The summed E-state index contributed by atoms with van der Waals surface area (Å²) in [7, 11) is -4.06. The lowest BCUT2D eigenvalue weighted by molar-refractivity contribution is -0.192. The number of aromatic nitrogens is 1. The summed E-state index contributed by atoms with van der Waals surface area (Å²) in [5, 5.41) is 16.7. The van der Waals surface area contributed by atoms with Gasteiger partial charge in [0.2, 0.25) is 0 Å². The highest BCUT2D eigenvalue weighted by Crippen LogP contribution is 2.27. The van der Waals surface area contributed by atoms with Crippen molar-refractivity contribution in [3.63, 3.8) is 0 Å². The van der Waals surface area contributed by atoms with Crippen LogP contribution in [0.25, 0.3) is 0 Å². The van der Waals surface area contributed by atoms with E-state index in [2.05, 4.69) is 16.6 Å². The topological polar surface area (TPSA) is 137 Å². The van der Waals surface area contributed by atoms with E-state index in [1.165, 1.54) is 24.4 Å². The largest absolute Gasteiger partial charge is 0.490 e. The molecular weight excluding hydrogens is 486 g/mol. The van der Waals surface area contributed by atoms with Crippen molar-refractivity contribution < 1.29 is 45.8 Å². The summed E-state index contributed by atoms with van der Waals surface area (Å²) in [6, 6.07) is 5.79. The van der Waals surface area contributed by atoms with Crippen LogP contribution in [0, 0.1) is 11.7 Å². The number of alkyl halides is 3. The maximum atomic E-state index is 13.3.